The zero-order chi connectivity index (χ0) is 18.1. The van der Waals surface area contributed by atoms with E-state index in [1.54, 1.807) is 36.5 Å². The summed E-state index contributed by atoms with van der Waals surface area (Å²) in [6.45, 7) is 0. The highest BCUT2D eigenvalue weighted by molar-refractivity contribution is 6.05. The Labute approximate surface area is 147 Å². The van der Waals surface area contributed by atoms with Crippen molar-refractivity contribution in [2.75, 3.05) is 11.1 Å². The molecule has 7 nitrogen and oxygen atoms in total. The fourth-order valence-electron chi connectivity index (χ4n) is 2.52. The molecule has 0 saturated heterocycles. The van der Waals surface area contributed by atoms with Crippen molar-refractivity contribution in [3.05, 3.63) is 66.6 Å². The number of aromatic amines is 1. The number of nitrogens with zero attached hydrogens (tertiary/aromatic N) is 3. The molecule has 0 unspecified atom stereocenters. The molecule has 3 heterocycles. The molecule has 0 atom stereocenters. The lowest BCUT2D eigenvalue weighted by atomic mass is 10.1. The van der Waals surface area contributed by atoms with Gasteiger partial charge in [0.15, 0.2) is 5.65 Å². The molecule has 26 heavy (non-hydrogen) atoms. The van der Waals surface area contributed by atoms with E-state index in [4.69, 9.17) is 5.73 Å². The second-order valence-corrected chi connectivity index (χ2v) is 5.59. The van der Waals surface area contributed by atoms with E-state index in [0.717, 1.165) is 5.56 Å². The molecule has 8 heteroatoms. The van der Waals surface area contributed by atoms with Crippen molar-refractivity contribution in [3.63, 3.8) is 0 Å². The van der Waals surface area contributed by atoms with Gasteiger partial charge >= 0.3 is 0 Å². The first kappa shape index (κ1) is 15.7. The van der Waals surface area contributed by atoms with Gasteiger partial charge < -0.3 is 16.0 Å². The number of amides is 1. The zero-order valence-corrected chi connectivity index (χ0v) is 13.4. The third kappa shape index (κ3) is 2.95. The van der Waals surface area contributed by atoms with Gasteiger partial charge in [-0.05, 0) is 35.9 Å². The largest absolute Gasteiger partial charge is 0.397 e. The number of pyridine rings is 1. The van der Waals surface area contributed by atoms with Crippen LogP contribution < -0.4 is 11.1 Å². The van der Waals surface area contributed by atoms with E-state index in [9.17, 15) is 9.18 Å². The molecule has 128 valence electrons. The van der Waals surface area contributed by atoms with Crippen LogP contribution in [0.2, 0.25) is 0 Å². The van der Waals surface area contributed by atoms with Gasteiger partial charge in [-0.1, -0.05) is 6.07 Å². The number of aromatic nitrogens is 4. The van der Waals surface area contributed by atoms with Gasteiger partial charge in [0.05, 0.1) is 17.6 Å². The van der Waals surface area contributed by atoms with Crippen LogP contribution in [0.15, 0.2) is 55.0 Å². The molecule has 0 fully saturated rings. The Morgan fingerprint density at radius 2 is 1.92 bits per heavy atom. The van der Waals surface area contributed by atoms with Crippen LogP contribution in [-0.4, -0.2) is 25.8 Å². The molecular weight excluding hydrogens is 335 g/mol. The van der Waals surface area contributed by atoms with Gasteiger partial charge in [-0.25, -0.2) is 15.0 Å². The highest BCUT2D eigenvalue weighted by Crippen LogP contribution is 2.27. The summed E-state index contributed by atoms with van der Waals surface area (Å²) in [4.78, 5) is 27.4. The minimum absolute atomic E-state index is 0.172. The van der Waals surface area contributed by atoms with Crippen LogP contribution in [0.4, 0.5) is 15.8 Å². The van der Waals surface area contributed by atoms with Crippen molar-refractivity contribution in [1.29, 1.82) is 0 Å². The topological polar surface area (TPSA) is 110 Å². The molecule has 0 saturated carbocycles. The number of rotatable bonds is 3. The number of nitrogens with one attached hydrogen (secondary N) is 2. The standard InChI is InChI=1S/C18H13FN6O/c19-16-4-2-11(8-22-16)10-1-3-12(20)14(7-10)25-18(26)15-9-23-17-13(24-15)5-6-21-17/h1-9H,20H2,(H,21,23)(H,25,26). The van der Waals surface area contributed by atoms with Gasteiger partial charge in [0.2, 0.25) is 5.95 Å². The second-order valence-electron chi connectivity index (χ2n) is 5.59. The average Bonchev–Trinajstić information content (AvgIpc) is 3.12. The maximum Gasteiger partial charge on any atom is 0.275 e. The summed E-state index contributed by atoms with van der Waals surface area (Å²) >= 11 is 0. The number of halogens is 1. The van der Waals surface area contributed by atoms with E-state index in [2.05, 4.69) is 25.3 Å². The average molecular weight is 348 g/mol. The third-order valence-electron chi connectivity index (χ3n) is 3.86. The van der Waals surface area contributed by atoms with E-state index >= 15 is 0 Å². The molecule has 0 radical (unpaired) electrons. The number of fused-ring (bicyclic) bond motifs is 1. The van der Waals surface area contributed by atoms with Gasteiger partial charge in [-0.15, -0.1) is 0 Å². The summed E-state index contributed by atoms with van der Waals surface area (Å²) in [6, 6.07) is 9.73. The van der Waals surface area contributed by atoms with E-state index in [0.29, 0.717) is 28.1 Å². The fraction of sp³-hybridized carbons (Fsp3) is 0. The van der Waals surface area contributed by atoms with Gasteiger partial charge in [0.1, 0.15) is 11.2 Å². The lowest BCUT2D eigenvalue weighted by Crippen LogP contribution is -2.15. The molecule has 0 aliphatic carbocycles. The predicted molar refractivity (Wildman–Crippen MR) is 95.9 cm³/mol. The number of carbonyl (C=O) groups excluding carboxylic acids is 1. The maximum atomic E-state index is 13.0. The Balaban J connectivity index is 1.63. The second kappa shape index (κ2) is 6.25. The van der Waals surface area contributed by atoms with E-state index in [1.807, 2.05) is 0 Å². The monoisotopic (exact) mass is 348 g/mol. The zero-order valence-electron chi connectivity index (χ0n) is 13.4. The van der Waals surface area contributed by atoms with Crippen LogP contribution >= 0.6 is 0 Å². The van der Waals surface area contributed by atoms with Crippen molar-refractivity contribution < 1.29 is 9.18 Å². The molecule has 1 aromatic carbocycles. The highest BCUT2D eigenvalue weighted by atomic mass is 19.1. The summed E-state index contributed by atoms with van der Waals surface area (Å²) in [5.74, 6) is -0.988. The van der Waals surface area contributed by atoms with Crippen LogP contribution in [0.1, 0.15) is 10.5 Å². The molecule has 0 bridgehead atoms. The number of carbonyl (C=O) groups is 1. The van der Waals surface area contributed by atoms with Crippen molar-refractivity contribution in [2.45, 2.75) is 0 Å². The van der Waals surface area contributed by atoms with Crippen molar-refractivity contribution >= 4 is 28.4 Å². The van der Waals surface area contributed by atoms with Crippen molar-refractivity contribution in [3.8, 4) is 11.1 Å². The maximum absolute atomic E-state index is 13.0. The molecule has 1 amide bonds. The van der Waals surface area contributed by atoms with Gasteiger partial charge in [0, 0.05) is 18.0 Å². The number of nitrogen functional groups attached to an aromatic ring is 1. The Morgan fingerprint density at radius 3 is 2.73 bits per heavy atom. The number of hydrogen-bond acceptors (Lipinski definition) is 5. The van der Waals surface area contributed by atoms with E-state index < -0.39 is 11.9 Å². The summed E-state index contributed by atoms with van der Waals surface area (Å²) in [6.07, 6.45) is 4.50. The number of benzene rings is 1. The Kier molecular flexibility index (Phi) is 3.77. The first-order chi connectivity index (χ1) is 12.6. The lowest BCUT2D eigenvalue weighted by Gasteiger charge is -2.10. The van der Waals surface area contributed by atoms with Crippen LogP contribution in [0.5, 0.6) is 0 Å². The van der Waals surface area contributed by atoms with E-state index in [-0.39, 0.29) is 5.69 Å². The molecule has 0 aliphatic heterocycles. The number of nitrogens with two attached hydrogens (primary N) is 1. The molecule has 0 aliphatic rings. The molecular formula is C18H13FN6O. The summed E-state index contributed by atoms with van der Waals surface area (Å²) in [7, 11) is 0. The minimum Gasteiger partial charge on any atom is -0.397 e. The first-order valence-electron chi connectivity index (χ1n) is 7.73. The Morgan fingerprint density at radius 1 is 1.08 bits per heavy atom. The Bertz CT molecular complexity index is 1110. The highest BCUT2D eigenvalue weighted by Gasteiger charge is 2.12. The van der Waals surface area contributed by atoms with Crippen molar-refractivity contribution in [2.24, 2.45) is 0 Å². The molecule has 4 rings (SSSR count). The molecule has 4 aromatic rings. The number of H-pyrrole nitrogens is 1. The van der Waals surface area contributed by atoms with Crippen molar-refractivity contribution in [1.82, 2.24) is 19.9 Å². The third-order valence-corrected chi connectivity index (χ3v) is 3.86. The first-order valence-corrected chi connectivity index (χ1v) is 7.73. The fourth-order valence-corrected chi connectivity index (χ4v) is 2.52. The summed E-state index contributed by atoms with van der Waals surface area (Å²) in [5, 5.41) is 2.73. The molecule has 3 aromatic heterocycles. The normalized spacial score (nSPS) is 10.8. The van der Waals surface area contributed by atoms with Crippen LogP contribution in [0.3, 0.4) is 0 Å². The van der Waals surface area contributed by atoms with Crippen LogP contribution in [-0.2, 0) is 0 Å². The van der Waals surface area contributed by atoms with E-state index in [1.165, 1.54) is 18.5 Å². The summed E-state index contributed by atoms with van der Waals surface area (Å²) in [5.41, 5.74) is 9.60. The number of hydrogen-bond donors (Lipinski definition) is 3. The number of anilines is 2. The molecule has 0 spiro atoms. The lowest BCUT2D eigenvalue weighted by molar-refractivity contribution is 0.102. The minimum atomic E-state index is -0.559. The predicted octanol–water partition coefficient (Wildman–Crippen LogP) is 2.99. The quantitative estimate of drug-likeness (QED) is 0.389. The van der Waals surface area contributed by atoms with Gasteiger partial charge in [0.25, 0.3) is 5.91 Å². The Hall–Kier alpha value is -3.81. The van der Waals surface area contributed by atoms with Crippen LogP contribution in [0, 0.1) is 5.95 Å². The SMILES string of the molecule is Nc1ccc(-c2ccc(F)nc2)cc1NC(=O)c1cnc2[nH]ccc2n1. The van der Waals surface area contributed by atoms with Gasteiger partial charge in [-0.3, -0.25) is 4.79 Å². The van der Waals surface area contributed by atoms with Crippen LogP contribution in [0.25, 0.3) is 22.3 Å². The molecule has 4 N–H and O–H groups in total. The summed E-state index contributed by atoms with van der Waals surface area (Å²) < 4.78 is 13.0. The van der Waals surface area contributed by atoms with Gasteiger partial charge in [-0.2, -0.15) is 4.39 Å². The smallest absolute Gasteiger partial charge is 0.275 e.